The molecule has 0 atom stereocenters. The Morgan fingerprint density at radius 2 is 2.05 bits per heavy atom. The van der Waals surface area contributed by atoms with Gasteiger partial charge in [-0.2, -0.15) is 5.10 Å². The molecule has 0 radical (unpaired) electrons. The summed E-state index contributed by atoms with van der Waals surface area (Å²) in [5.41, 5.74) is 16.1. The average Bonchev–Trinajstić information content (AvgIpc) is 3.32. The second-order valence-corrected chi connectivity index (χ2v) is 8.17. The molecule has 0 saturated carbocycles. The lowest BCUT2D eigenvalue weighted by molar-refractivity contribution is 0.0964. The number of fused-ring (bicyclic) bond motifs is 1. The van der Waals surface area contributed by atoms with Crippen LogP contribution in [-0.2, 0) is 13.1 Å². The minimum absolute atomic E-state index is 0.00168. The molecular formula is C26H29N9O3. The monoisotopic (exact) mass is 515 g/mol. The van der Waals surface area contributed by atoms with Crippen molar-refractivity contribution >= 4 is 23.5 Å². The number of aliphatic hydroxyl groups excluding tert-OH is 1. The Morgan fingerprint density at radius 1 is 1.24 bits per heavy atom. The number of aliphatic imine (C=N–C) groups is 1. The van der Waals surface area contributed by atoms with Gasteiger partial charge in [0.15, 0.2) is 5.82 Å². The van der Waals surface area contributed by atoms with Gasteiger partial charge in [0, 0.05) is 37.3 Å². The minimum Gasteiger partial charge on any atom is -0.480 e. The first-order valence-corrected chi connectivity index (χ1v) is 11.8. The van der Waals surface area contributed by atoms with Crippen LogP contribution in [0, 0.1) is 0 Å². The summed E-state index contributed by atoms with van der Waals surface area (Å²) >= 11 is 0. The number of aromatic nitrogens is 4. The van der Waals surface area contributed by atoms with Crippen LogP contribution in [0.3, 0.4) is 0 Å². The molecular weight excluding hydrogens is 486 g/mol. The molecule has 4 rings (SSSR count). The molecule has 0 aliphatic rings. The van der Waals surface area contributed by atoms with Crippen molar-refractivity contribution in [2.24, 2.45) is 10.7 Å². The number of aliphatic hydroxyl groups is 1. The van der Waals surface area contributed by atoms with Crippen LogP contribution in [0.5, 0.6) is 5.88 Å². The molecule has 0 unspecified atom stereocenters. The van der Waals surface area contributed by atoms with Crippen LogP contribution in [0.25, 0.3) is 16.8 Å². The van der Waals surface area contributed by atoms with Crippen molar-refractivity contribution in [3.8, 4) is 17.1 Å². The smallest absolute Gasteiger partial charge is 0.261 e. The van der Waals surface area contributed by atoms with Crippen molar-refractivity contribution in [2.45, 2.75) is 13.1 Å². The zero-order valence-electron chi connectivity index (χ0n) is 20.8. The number of carbonyl (C=O) groups excluding carboxylic acids is 1. The molecule has 0 spiro atoms. The topological polar surface area (TPSA) is 178 Å². The number of hydrogen-bond acceptors (Lipinski definition) is 10. The molecule has 3 aromatic heterocycles. The summed E-state index contributed by atoms with van der Waals surface area (Å²) in [6.45, 7) is 1.30. The number of hydrogen-bond donors (Lipinski definition) is 5. The van der Waals surface area contributed by atoms with Gasteiger partial charge in [0.05, 0.1) is 31.7 Å². The molecule has 196 valence electrons. The van der Waals surface area contributed by atoms with Crippen molar-refractivity contribution in [1.29, 1.82) is 0 Å². The number of nitrogens with one attached hydrogen (secondary N) is 2. The average molecular weight is 516 g/mol. The summed E-state index contributed by atoms with van der Waals surface area (Å²) in [5, 5.41) is 19.3. The second-order valence-electron chi connectivity index (χ2n) is 8.17. The predicted octanol–water partition coefficient (Wildman–Crippen LogP) is 1.26. The molecule has 0 bridgehead atoms. The fourth-order valence-corrected chi connectivity index (χ4v) is 3.85. The van der Waals surface area contributed by atoms with Crippen LogP contribution in [0.1, 0.15) is 21.5 Å². The summed E-state index contributed by atoms with van der Waals surface area (Å²) < 4.78 is 6.99. The maximum Gasteiger partial charge on any atom is 0.261 e. The standard InChI is InChI=1S/C26H29N9O3/c1-38-26-21(25(37)34-20(11-27)15-30-12-17-5-3-2-4-6-17)9-18(14-31-26)22-10-19(13-29-7-8-36)23-24(28)32-16-33-35(22)23/h2-6,9-11,14-16,29,36H,7-8,12-13,27H2,1H3,(H,34,37)(H2,28,32,33). The number of nitrogen functional groups attached to an aromatic ring is 1. The van der Waals surface area contributed by atoms with Gasteiger partial charge in [0.25, 0.3) is 5.91 Å². The first-order chi connectivity index (χ1) is 18.5. The third kappa shape index (κ3) is 5.94. The van der Waals surface area contributed by atoms with Gasteiger partial charge in [-0.05, 0) is 23.3 Å². The molecule has 1 aromatic carbocycles. The van der Waals surface area contributed by atoms with Crippen molar-refractivity contribution in [1.82, 2.24) is 30.2 Å². The summed E-state index contributed by atoms with van der Waals surface area (Å²) in [6.07, 6.45) is 5.71. The third-order valence-corrected chi connectivity index (χ3v) is 5.64. The van der Waals surface area contributed by atoms with Crippen LogP contribution < -0.4 is 26.8 Å². The van der Waals surface area contributed by atoms with Gasteiger partial charge in [0.1, 0.15) is 17.4 Å². The summed E-state index contributed by atoms with van der Waals surface area (Å²) in [5.74, 6) is -0.0263. The van der Waals surface area contributed by atoms with Crippen LogP contribution >= 0.6 is 0 Å². The van der Waals surface area contributed by atoms with Crippen molar-refractivity contribution in [3.05, 3.63) is 83.6 Å². The highest BCUT2D eigenvalue weighted by molar-refractivity contribution is 6.01. The molecule has 0 aliphatic carbocycles. The summed E-state index contributed by atoms with van der Waals surface area (Å²) in [4.78, 5) is 26.0. The van der Waals surface area contributed by atoms with Crippen LogP contribution in [0.15, 0.2) is 71.9 Å². The molecule has 12 nitrogen and oxygen atoms in total. The van der Waals surface area contributed by atoms with Crippen LogP contribution in [0.4, 0.5) is 5.82 Å². The lowest BCUT2D eigenvalue weighted by atomic mass is 10.1. The SMILES string of the molecule is COc1ncc(-c2cc(CNCCO)c3c(N)ncnn23)cc1C(=O)NC(C=NCc1ccccc1)=CN. The van der Waals surface area contributed by atoms with Gasteiger partial charge < -0.3 is 31.9 Å². The number of carbonyl (C=O) groups is 1. The molecule has 12 heteroatoms. The van der Waals surface area contributed by atoms with E-state index in [0.717, 1.165) is 11.1 Å². The van der Waals surface area contributed by atoms with E-state index in [1.807, 2.05) is 36.4 Å². The quantitative estimate of drug-likeness (QED) is 0.145. The number of methoxy groups -OCH3 is 1. The number of amides is 1. The van der Waals surface area contributed by atoms with E-state index >= 15 is 0 Å². The highest BCUT2D eigenvalue weighted by atomic mass is 16.5. The van der Waals surface area contributed by atoms with E-state index in [0.29, 0.717) is 47.9 Å². The molecule has 38 heavy (non-hydrogen) atoms. The lowest BCUT2D eigenvalue weighted by Gasteiger charge is -2.11. The number of nitrogens with two attached hydrogens (primary N) is 2. The van der Waals surface area contributed by atoms with Gasteiger partial charge in [-0.25, -0.2) is 14.5 Å². The van der Waals surface area contributed by atoms with Gasteiger partial charge in [-0.1, -0.05) is 30.3 Å². The number of benzene rings is 1. The van der Waals surface area contributed by atoms with E-state index in [9.17, 15) is 4.79 Å². The zero-order valence-corrected chi connectivity index (χ0v) is 20.8. The van der Waals surface area contributed by atoms with Gasteiger partial charge in [0.2, 0.25) is 5.88 Å². The number of nitrogens with zero attached hydrogens (tertiary/aromatic N) is 5. The normalized spacial score (nSPS) is 11.8. The molecule has 1 amide bonds. The highest BCUT2D eigenvalue weighted by Crippen LogP contribution is 2.30. The Bertz CT molecular complexity index is 1470. The lowest BCUT2D eigenvalue weighted by Crippen LogP contribution is -2.25. The first kappa shape index (κ1) is 26.3. The number of ether oxygens (including phenoxy) is 1. The minimum atomic E-state index is -0.473. The predicted molar refractivity (Wildman–Crippen MR) is 144 cm³/mol. The van der Waals surface area contributed by atoms with Gasteiger partial charge in [-0.15, -0.1) is 0 Å². The Morgan fingerprint density at radius 3 is 2.79 bits per heavy atom. The maximum atomic E-state index is 13.2. The molecule has 0 aliphatic heterocycles. The Balaban J connectivity index is 1.62. The Hall–Kier alpha value is -4.81. The fourth-order valence-electron chi connectivity index (χ4n) is 3.85. The second kappa shape index (κ2) is 12.4. The number of anilines is 1. The Labute approximate surface area is 219 Å². The van der Waals surface area contributed by atoms with E-state index < -0.39 is 5.91 Å². The van der Waals surface area contributed by atoms with E-state index in [1.54, 1.807) is 16.8 Å². The van der Waals surface area contributed by atoms with Gasteiger partial charge >= 0.3 is 0 Å². The van der Waals surface area contributed by atoms with E-state index in [1.165, 1.54) is 25.9 Å². The van der Waals surface area contributed by atoms with Crippen molar-refractivity contribution < 1.29 is 14.6 Å². The van der Waals surface area contributed by atoms with Crippen molar-refractivity contribution in [3.63, 3.8) is 0 Å². The van der Waals surface area contributed by atoms with Gasteiger partial charge in [-0.3, -0.25) is 9.79 Å². The van der Waals surface area contributed by atoms with E-state index in [2.05, 4.69) is 30.7 Å². The summed E-state index contributed by atoms with van der Waals surface area (Å²) in [6, 6.07) is 13.3. The fraction of sp³-hybridized carbons (Fsp3) is 0.192. The molecule has 7 N–H and O–H groups in total. The molecule has 0 fully saturated rings. The first-order valence-electron chi connectivity index (χ1n) is 11.8. The largest absolute Gasteiger partial charge is 0.480 e. The molecule has 4 aromatic rings. The van der Waals surface area contributed by atoms with Crippen LogP contribution in [0.2, 0.25) is 0 Å². The van der Waals surface area contributed by atoms with Crippen LogP contribution in [-0.4, -0.2) is 57.1 Å². The van der Waals surface area contributed by atoms with Crippen molar-refractivity contribution in [2.75, 3.05) is 26.0 Å². The number of rotatable bonds is 11. The number of pyridine rings is 1. The number of allylic oxidation sites excluding steroid dienone is 1. The van der Waals surface area contributed by atoms with E-state index in [4.69, 9.17) is 21.3 Å². The summed E-state index contributed by atoms with van der Waals surface area (Å²) in [7, 11) is 1.44. The molecule has 0 saturated heterocycles. The highest BCUT2D eigenvalue weighted by Gasteiger charge is 2.20. The zero-order chi connectivity index (χ0) is 26.9. The maximum absolute atomic E-state index is 13.2. The molecule has 3 heterocycles. The third-order valence-electron chi connectivity index (χ3n) is 5.64. The Kier molecular flexibility index (Phi) is 8.59. The van der Waals surface area contributed by atoms with E-state index in [-0.39, 0.29) is 18.1 Å².